The third-order valence-corrected chi connectivity index (χ3v) is 4.57. The molecular weight excluding hydrogens is 396 g/mol. The van der Waals surface area contributed by atoms with E-state index in [0.29, 0.717) is 34.4 Å². The predicted molar refractivity (Wildman–Crippen MR) is 120 cm³/mol. The van der Waals surface area contributed by atoms with Gasteiger partial charge in [0.1, 0.15) is 5.82 Å². The van der Waals surface area contributed by atoms with Crippen LogP contribution in [0.25, 0.3) is 6.08 Å². The van der Waals surface area contributed by atoms with Gasteiger partial charge in [0.15, 0.2) is 28.8 Å². The number of ether oxygens (including phenoxy) is 4. The predicted octanol–water partition coefficient (Wildman–Crippen LogP) is 4.76. The van der Waals surface area contributed by atoms with Gasteiger partial charge in [-0.2, -0.15) is 0 Å². The largest absolute Gasteiger partial charge is 0.493 e. The van der Waals surface area contributed by atoms with E-state index in [-0.39, 0.29) is 5.78 Å². The lowest BCUT2D eigenvalue weighted by Crippen LogP contribution is -1.99. The van der Waals surface area contributed by atoms with Gasteiger partial charge in [0.2, 0.25) is 0 Å². The first-order chi connectivity index (χ1) is 15.1. The maximum absolute atomic E-state index is 12.7. The molecule has 0 aliphatic carbocycles. The molecule has 0 amide bonds. The van der Waals surface area contributed by atoms with Crippen LogP contribution in [0.2, 0.25) is 0 Å². The summed E-state index contributed by atoms with van der Waals surface area (Å²) in [5.74, 6) is 2.74. The molecule has 7 nitrogen and oxygen atoms in total. The maximum atomic E-state index is 12.7. The first-order valence-corrected chi connectivity index (χ1v) is 9.48. The summed E-state index contributed by atoms with van der Waals surface area (Å²) in [6, 6.07) is 14.2. The van der Waals surface area contributed by atoms with Crippen molar-refractivity contribution >= 4 is 23.4 Å². The van der Waals surface area contributed by atoms with Crippen LogP contribution in [0.5, 0.6) is 23.0 Å². The molecule has 0 unspecified atom stereocenters. The number of hydrogen-bond acceptors (Lipinski definition) is 7. The summed E-state index contributed by atoms with van der Waals surface area (Å²) in [5.41, 5.74) is 2.02. The van der Waals surface area contributed by atoms with Crippen LogP contribution in [-0.2, 0) is 0 Å². The van der Waals surface area contributed by atoms with Gasteiger partial charge in [-0.25, -0.2) is 4.98 Å². The van der Waals surface area contributed by atoms with E-state index in [4.69, 9.17) is 18.9 Å². The third-order valence-electron chi connectivity index (χ3n) is 4.57. The molecular formula is C24H24N2O5. The summed E-state index contributed by atoms with van der Waals surface area (Å²) < 4.78 is 21.1. The fraction of sp³-hybridized carbons (Fsp3) is 0.167. The molecule has 1 heterocycles. The monoisotopic (exact) mass is 420 g/mol. The molecule has 31 heavy (non-hydrogen) atoms. The molecule has 0 fully saturated rings. The second kappa shape index (κ2) is 10.2. The van der Waals surface area contributed by atoms with Gasteiger partial charge in [-0.1, -0.05) is 0 Å². The molecule has 160 valence electrons. The molecule has 1 aromatic heterocycles. The zero-order valence-corrected chi connectivity index (χ0v) is 17.8. The van der Waals surface area contributed by atoms with Crippen molar-refractivity contribution in [1.29, 1.82) is 0 Å². The highest BCUT2D eigenvalue weighted by Crippen LogP contribution is 2.32. The van der Waals surface area contributed by atoms with E-state index in [0.717, 1.165) is 11.3 Å². The van der Waals surface area contributed by atoms with E-state index in [9.17, 15) is 4.79 Å². The normalized spacial score (nSPS) is 10.6. The van der Waals surface area contributed by atoms with Gasteiger partial charge in [-0.3, -0.25) is 4.79 Å². The summed E-state index contributed by atoms with van der Waals surface area (Å²) in [4.78, 5) is 17.0. The Kier molecular flexibility index (Phi) is 7.11. The first kappa shape index (κ1) is 21.7. The van der Waals surface area contributed by atoms with Crippen molar-refractivity contribution in [3.05, 3.63) is 71.9 Å². The van der Waals surface area contributed by atoms with Crippen molar-refractivity contribution in [2.75, 3.05) is 33.8 Å². The van der Waals surface area contributed by atoms with Gasteiger partial charge in [-0.15, -0.1) is 0 Å². The van der Waals surface area contributed by atoms with Crippen LogP contribution in [0.15, 0.2) is 60.8 Å². The molecule has 0 radical (unpaired) electrons. The molecule has 0 bridgehead atoms. The summed E-state index contributed by atoms with van der Waals surface area (Å²) in [6.45, 7) is 0. The Morgan fingerprint density at radius 1 is 0.839 bits per heavy atom. The topological polar surface area (TPSA) is 78.9 Å². The number of carbonyl (C=O) groups is 1. The fourth-order valence-electron chi connectivity index (χ4n) is 2.96. The number of hydrogen-bond donors (Lipinski definition) is 1. The van der Waals surface area contributed by atoms with Gasteiger partial charge >= 0.3 is 0 Å². The van der Waals surface area contributed by atoms with Gasteiger partial charge in [0.25, 0.3) is 0 Å². The number of benzene rings is 2. The van der Waals surface area contributed by atoms with Crippen LogP contribution in [0.1, 0.15) is 15.9 Å². The Bertz CT molecular complexity index is 1100. The Hall–Kier alpha value is -4.00. The van der Waals surface area contributed by atoms with Crippen LogP contribution in [-0.4, -0.2) is 39.2 Å². The highest BCUT2D eigenvalue weighted by Gasteiger charge is 2.10. The number of aromatic nitrogens is 1. The number of nitrogens with zero attached hydrogens (tertiary/aromatic N) is 1. The highest BCUT2D eigenvalue weighted by molar-refractivity contribution is 6.07. The number of ketones is 1. The second-order valence-electron chi connectivity index (χ2n) is 6.40. The van der Waals surface area contributed by atoms with E-state index in [1.165, 1.54) is 13.2 Å². The highest BCUT2D eigenvalue weighted by atomic mass is 16.5. The van der Waals surface area contributed by atoms with E-state index in [2.05, 4.69) is 10.3 Å². The van der Waals surface area contributed by atoms with Crippen LogP contribution in [0.4, 0.5) is 11.5 Å². The minimum atomic E-state index is -0.165. The van der Waals surface area contributed by atoms with Gasteiger partial charge in [0.05, 0.1) is 28.4 Å². The molecule has 3 rings (SSSR count). The molecule has 0 saturated heterocycles. The van der Waals surface area contributed by atoms with Crippen molar-refractivity contribution in [3.8, 4) is 23.0 Å². The van der Waals surface area contributed by atoms with Crippen LogP contribution in [0, 0.1) is 0 Å². The van der Waals surface area contributed by atoms with E-state index in [1.54, 1.807) is 63.9 Å². The lowest BCUT2D eigenvalue weighted by molar-refractivity contribution is 0.104. The lowest BCUT2D eigenvalue weighted by Gasteiger charge is -2.12. The van der Waals surface area contributed by atoms with Crippen LogP contribution in [0.3, 0.4) is 0 Å². The van der Waals surface area contributed by atoms with Crippen molar-refractivity contribution in [2.45, 2.75) is 0 Å². The lowest BCUT2D eigenvalue weighted by atomic mass is 10.1. The van der Waals surface area contributed by atoms with Crippen LogP contribution >= 0.6 is 0 Å². The molecule has 0 aliphatic rings. The molecule has 3 aromatic rings. The number of allylic oxidation sites excluding steroid dienone is 1. The minimum absolute atomic E-state index is 0.165. The van der Waals surface area contributed by atoms with Crippen molar-refractivity contribution < 1.29 is 23.7 Å². The standard InChI is InChI=1S/C24H24N2O5/c1-28-20-11-8-17(14-22(20)30-3)19(27)10-7-16-6-5-13-25-24(16)26-18-9-12-21(29-2)23(15-18)31-4/h5-15H,1-4H3,(H,25,26). The molecule has 0 spiro atoms. The van der Waals surface area contributed by atoms with Gasteiger partial charge < -0.3 is 24.3 Å². The molecule has 1 N–H and O–H groups in total. The Balaban J connectivity index is 1.82. The number of pyridine rings is 1. The first-order valence-electron chi connectivity index (χ1n) is 9.48. The second-order valence-corrected chi connectivity index (χ2v) is 6.40. The summed E-state index contributed by atoms with van der Waals surface area (Å²) in [6.07, 6.45) is 4.89. The van der Waals surface area contributed by atoms with E-state index < -0.39 is 0 Å². The van der Waals surface area contributed by atoms with Crippen molar-refractivity contribution in [3.63, 3.8) is 0 Å². The summed E-state index contributed by atoms with van der Waals surface area (Å²) >= 11 is 0. The zero-order valence-electron chi connectivity index (χ0n) is 17.8. The number of anilines is 2. The van der Waals surface area contributed by atoms with E-state index in [1.807, 2.05) is 18.2 Å². The minimum Gasteiger partial charge on any atom is -0.493 e. The average Bonchev–Trinajstić information content (AvgIpc) is 2.82. The number of rotatable bonds is 9. The number of carbonyl (C=O) groups excluding carboxylic acids is 1. The van der Waals surface area contributed by atoms with Crippen LogP contribution < -0.4 is 24.3 Å². The number of methoxy groups -OCH3 is 4. The summed E-state index contributed by atoms with van der Waals surface area (Å²) in [7, 11) is 6.25. The molecule has 0 saturated carbocycles. The SMILES string of the molecule is COc1ccc(Nc2ncccc2C=CC(=O)c2ccc(OC)c(OC)c2)cc1OC. The molecule has 7 heteroatoms. The van der Waals surface area contributed by atoms with Gasteiger partial charge in [0, 0.05) is 29.1 Å². The Morgan fingerprint density at radius 2 is 1.48 bits per heavy atom. The maximum Gasteiger partial charge on any atom is 0.185 e. The Morgan fingerprint density at radius 3 is 2.16 bits per heavy atom. The smallest absolute Gasteiger partial charge is 0.185 e. The fourth-order valence-corrected chi connectivity index (χ4v) is 2.96. The molecule has 0 atom stereocenters. The van der Waals surface area contributed by atoms with Gasteiger partial charge in [-0.05, 0) is 54.6 Å². The van der Waals surface area contributed by atoms with Crippen molar-refractivity contribution in [2.24, 2.45) is 0 Å². The molecule has 2 aromatic carbocycles. The quantitative estimate of drug-likeness (QED) is 0.395. The third kappa shape index (κ3) is 5.14. The number of nitrogens with one attached hydrogen (secondary N) is 1. The molecule has 0 aliphatic heterocycles. The van der Waals surface area contributed by atoms with Crippen molar-refractivity contribution in [1.82, 2.24) is 4.98 Å². The van der Waals surface area contributed by atoms with E-state index >= 15 is 0 Å². The summed E-state index contributed by atoms with van der Waals surface area (Å²) in [5, 5.41) is 3.25. The Labute approximate surface area is 181 Å². The average molecular weight is 420 g/mol. The zero-order chi connectivity index (χ0) is 22.2.